The lowest BCUT2D eigenvalue weighted by atomic mass is 10.1. The molecule has 3 aromatic rings. The van der Waals surface area contributed by atoms with Gasteiger partial charge in [-0.25, -0.2) is 4.68 Å². The van der Waals surface area contributed by atoms with Crippen LogP contribution >= 0.6 is 0 Å². The molecule has 1 atom stereocenters. The van der Waals surface area contributed by atoms with Crippen molar-refractivity contribution in [3.05, 3.63) is 65.9 Å². The second kappa shape index (κ2) is 12.1. The van der Waals surface area contributed by atoms with Gasteiger partial charge in [0.2, 0.25) is 5.88 Å². The molecule has 0 radical (unpaired) electrons. The number of β-amino-alcohol motifs (C(OH)–C–C–N with tert-alkyl or cyclic N) is 1. The molecular weight excluding hydrogens is 468 g/mol. The fourth-order valence-corrected chi connectivity index (χ4v) is 4.97. The van der Waals surface area contributed by atoms with Gasteiger partial charge in [0, 0.05) is 38.8 Å². The number of nitrogens with zero attached hydrogens (tertiary/aromatic N) is 4. The maximum atomic E-state index is 11.0. The molecule has 0 amide bonds. The van der Waals surface area contributed by atoms with Crippen molar-refractivity contribution in [3.8, 4) is 23.1 Å². The number of morpholine rings is 1. The van der Waals surface area contributed by atoms with Gasteiger partial charge in [0.25, 0.3) is 0 Å². The van der Waals surface area contributed by atoms with Crippen LogP contribution in [0.2, 0.25) is 0 Å². The van der Waals surface area contributed by atoms with Crippen molar-refractivity contribution in [3.63, 3.8) is 0 Å². The molecule has 0 bridgehead atoms. The number of rotatable bonds is 12. The third-order valence-corrected chi connectivity index (χ3v) is 7.07. The Hall–Kier alpha value is -2.91. The first-order valence-electron chi connectivity index (χ1n) is 13.4. The molecule has 198 valence electrons. The highest BCUT2D eigenvalue weighted by Gasteiger charge is 2.33. The summed E-state index contributed by atoms with van der Waals surface area (Å²) in [5.41, 5.74) is 3.00. The molecule has 0 spiro atoms. The van der Waals surface area contributed by atoms with E-state index in [1.54, 1.807) is 7.11 Å². The molecule has 1 unspecified atom stereocenters. The minimum atomic E-state index is -0.425. The molecule has 1 aromatic heterocycles. The van der Waals surface area contributed by atoms with E-state index >= 15 is 0 Å². The van der Waals surface area contributed by atoms with Crippen LogP contribution in [0.4, 0.5) is 0 Å². The molecule has 1 aliphatic heterocycles. The average molecular weight is 507 g/mol. The van der Waals surface area contributed by atoms with E-state index in [-0.39, 0.29) is 0 Å². The number of aliphatic hydroxyl groups is 1. The minimum absolute atomic E-state index is 0.425. The summed E-state index contributed by atoms with van der Waals surface area (Å²) in [6.07, 6.45) is 2.67. The topological polar surface area (TPSA) is 72.2 Å². The van der Waals surface area contributed by atoms with Gasteiger partial charge in [0.05, 0.1) is 43.4 Å². The standard InChI is InChI=1S/C29H38N4O4/c1-3-26-25(21-32(22-13-14-22)20-24(34)19-31-15-17-36-18-16-31)29(33(30-26)23-9-5-4-6-10-23)37-28-12-8-7-11-27(28)35-2/h4-12,22,24,34H,3,13-21H2,1-2H3. The van der Waals surface area contributed by atoms with E-state index in [2.05, 4.69) is 16.7 Å². The highest BCUT2D eigenvalue weighted by molar-refractivity contribution is 5.47. The summed E-state index contributed by atoms with van der Waals surface area (Å²) in [5, 5.41) is 16.0. The molecule has 1 aliphatic carbocycles. The van der Waals surface area contributed by atoms with Gasteiger partial charge in [-0.05, 0) is 43.5 Å². The van der Waals surface area contributed by atoms with Gasteiger partial charge >= 0.3 is 0 Å². The Morgan fingerprint density at radius 1 is 1.05 bits per heavy atom. The molecule has 37 heavy (non-hydrogen) atoms. The molecule has 8 heteroatoms. The van der Waals surface area contributed by atoms with E-state index < -0.39 is 6.10 Å². The number of aliphatic hydroxyl groups excluding tert-OH is 1. The molecule has 8 nitrogen and oxygen atoms in total. The van der Waals surface area contributed by atoms with E-state index in [9.17, 15) is 5.11 Å². The summed E-state index contributed by atoms with van der Waals surface area (Å²) >= 11 is 0. The van der Waals surface area contributed by atoms with Gasteiger partial charge < -0.3 is 19.3 Å². The number of para-hydroxylation sites is 3. The molecule has 2 aromatic carbocycles. The van der Waals surface area contributed by atoms with Crippen molar-refractivity contribution in [1.29, 1.82) is 0 Å². The highest BCUT2D eigenvalue weighted by atomic mass is 16.5. The largest absolute Gasteiger partial charge is 0.493 e. The van der Waals surface area contributed by atoms with Crippen molar-refractivity contribution < 1.29 is 19.3 Å². The Morgan fingerprint density at radius 3 is 2.43 bits per heavy atom. The molecule has 1 saturated heterocycles. The van der Waals surface area contributed by atoms with E-state index in [0.29, 0.717) is 43.1 Å². The molecule has 1 saturated carbocycles. The SMILES string of the molecule is CCc1nn(-c2ccccc2)c(Oc2ccccc2OC)c1CN(CC(O)CN1CCOCC1)C1CC1. The Labute approximate surface area is 219 Å². The number of hydrogen-bond acceptors (Lipinski definition) is 7. The van der Waals surface area contributed by atoms with Gasteiger partial charge in [-0.15, -0.1) is 0 Å². The number of benzene rings is 2. The van der Waals surface area contributed by atoms with Crippen LogP contribution in [0.25, 0.3) is 5.69 Å². The van der Waals surface area contributed by atoms with E-state index in [1.807, 2.05) is 59.3 Å². The van der Waals surface area contributed by atoms with Gasteiger partial charge in [-0.1, -0.05) is 37.3 Å². The van der Waals surface area contributed by atoms with Crippen LogP contribution in [0.3, 0.4) is 0 Å². The third-order valence-electron chi connectivity index (χ3n) is 7.07. The highest BCUT2D eigenvalue weighted by Crippen LogP contribution is 2.38. The van der Waals surface area contributed by atoms with Crippen LogP contribution in [-0.4, -0.2) is 83.3 Å². The van der Waals surface area contributed by atoms with Gasteiger partial charge in [-0.2, -0.15) is 5.10 Å². The maximum Gasteiger partial charge on any atom is 0.227 e. The first kappa shape index (κ1) is 25.7. The number of hydrogen-bond donors (Lipinski definition) is 1. The number of aryl methyl sites for hydroxylation is 1. The molecule has 2 aliphatic rings. The van der Waals surface area contributed by atoms with Crippen LogP contribution in [0.1, 0.15) is 31.0 Å². The summed E-state index contributed by atoms with van der Waals surface area (Å²) in [6, 6.07) is 18.3. The molecule has 1 N–H and O–H groups in total. The monoisotopic (exact) mass is 506 g/mol. The number of methoxy groups -OCH3 is 1. The fraction of sp³-hybridized carbons (Fsp3) is 0.483. The maximum absolute atomic E-state index is 11.0. The zero-order chi connectivity index (χ0) is 25.6. The Bertz CT molecular complexity index is 1140. The zero-order valence-electron chi connectivity index (χ0n) is 21.9. The molecular formula is C29H38N4O4. The van der Waals surface area contributed by atoms with E-state index in [4.69, 9.17) is 19.3 Å². The first-order valence-corrected chi connectivity index (χ1v) is 13.4. The molecule has 2 fully saturated rings. The normalized spacial score (nSPS) is 17.2. The van der Waals surface area contributed by atoms with E-state index in [0.717, 1.165) is 62.5 Å². The lowest BCUT2D eigenvalue weighted by molar-refractivity contribution is 0.00544. The summed E-state index contributed by atoms with van der Waals surface area (Å²) in [6.45, 7) is 7.32. The summed E-state index contributed by atoms with van der Waals surface area (Å²) < 4.78 is 19.5. The van der Waals surface area contributed by atoms with Crippen molar-refractivity contribution in [2.75, 3.05) is 46.5 Å². The van der Waals surface area contributed by atoms with Crippen LogP contribution < -0.4 is 9.47 Å². The van der Waals surface area contributed by atoms with Gasteiger partial charge in [0.15, 0.2) is 11.5 Å². The minimum Gasteiger partial charge on any atom is -0.493 e. The van der Waals surface area contributed by atoms with E-state index in [1.165, 1.54) is 0 Å². The summed E-state index contributed by atoms with van der Waals surface area (Å²) in [7, 11) is 1.65. The van der Waals surface area contributed by atoms with Crippen molar-refractivity contribution in [2.45, 2.75) is 44.9 Å². The summed E-state index contributed by atoms with van der Waals surface area (Å²) in [4.78, 5) is 4.70. The first-order chi connectivity index (χ1) is 18.2. The Kier molecular flexibility index (Phi) is 8.41. The summed E-state index contributed by atoms with van der Waals surface area (Å²) in [5.74, 6) is 2.02. The van der Waals surface area contributed by atoms with Crippen LogP contribution in [0.5, 0.6) is 17.4 Å². The van der Waals surface area contributed by atoms with Crippen molar-refractivity contribution in [1.82, 2.24) is 19.6 Å². The smallest absolute Gasteiger partial charge is 0.227 e. The molecule has 5 rings (SSSR count). The van der Waals surface area contributed by atoms with Crippen molar-refractivity contribution >= 4 is 0 Å². The predicted molar refractivity (Wildman–Crippen MR) is 143 cm³/mol. The second-order valence-electron chi connectivity index (χ2n) is 9.81. The van der Waals surface area contributed by atoms with Crippen molar-refractivity contribution in [2.24, 2.45) is 0 Å². The lowest BCUT2D eigenvalue weighted by Gasteiger charge is -2.31. The number of ether oxygens (including phenoxy) is 3. The van der Waals surface area contributed by atoms with Crippen LogP contribution in [0.15, 0.2) is 54.6 Å². The molecule has 2 heterocycles. The second-order valence-corrected chi connectivity index (χ2v) is 9.81. The lowest BCUT2D eigenvalue weighted by Crippen LogP contribution is -2.45. The zero-order valence-corrected chi connectivity index (χ0v) is 21.9. The van der Waals surface area contributed by atoms with Gasteiger partial charge in [0.1, 0.15) is 0 Å². The predicted octanol–water partition coefficient (Wildman–Crippen LogP) is 3.89. The van der Waals surface area contributed by atoms with Crippen LogP contribution in [-0.2, 0) is 17.7 Å². The fourth-order valence-electron chi connectivity index (χ4n) is 4.97. The third kappa shape index (κ3) is 6.33. The number of aromatic nitrogens is 2. The van der Waals surface area contributed by atoms with Gasteiger partial charge in [-0.3, -0.25) is 9.80 Å². The average Bonchev–Trinajstić information content (AvgIpc) is 3.73. The Morgan fingerprint density at radius 2 is 1.76 bits per heavy atom. The quantitative estimate of drug-likeness (QED) is 0.400. The van der Waals surface area contributed by atoms with Crippen LogP contribution in [0, 0.1) is 0 Å². The Balaban J connectivity index is 1.45.